The molecule has 0 radical (unpaired) electrons. The van der Waals surface area contributed by atoms with E-state index in [-0.39, 0.29) is 0 Å². The second kappa shape index (κ2) is 4.46. The van der Waals surface area contributed by atoms with E-state index in [1.807, 2.05) is 6.20 Å². The Kier molecular flexibility index (Phi) is 2.75. The van der Waals surface area contributed by atoms with E-state index in [1.165, 1.54) is 50.9 Å². The number of rotatable bonds is 2. The van der Waals surface area contributed by atoms with Crippen LogP contribution in [0.4, 0.5) is 5.82 Å². The van der Waals surface area contributed by atoms with Crippen LogP contribution in [-0.2, 0) is 0 Å². The Hall–Kier alpha value is -1.12. The zero-order valence-electron chi connectivity index (χ0n) is 11.8. The monoisotopic (exact) mass is 257 g/mol. The summed E-state index contributed by atoms with van der Waals surface area (Å²) in [6.07, 6.45) is 10.1. The van der Waals surface area contributed by atoms with Crippen LogP contribution in [-0.4, -0.2) is 22.6 Å². The van der Waals surface area contributed by atoms with Crippen LogP contribution in [0, 0.1) is 11.8 Å². The molecule has 3 atom stereocenters. The molecule has 2 saturated carbocycles. The van der Waals surface area contributed by atoms with Crippen molar-refractivity contribution in [2.75, 3.05) is 11.4 Å². The van der Waals surface area contributed by atoms with Crippen molar-refractivity contribution in [2.45, 2.75) is 57.4 Å². The van der Waals surface area contributed by atoms with Crippen molar-refractivity contribution in [3.8, 4) is 0 Å². The average Bonchev–Trinajstić information content (AvgIpc) is 3.25. The first-order valence-electron chi connectivity index (χ1n) is 7.92. The van der Waals surface area contributed by atoms with Crippen LogP contribution in [0.25, 0.3) is 0 Å². The molecule has 1 aliphatic heterocycles. The summed E-state index contributed by atoms with van der Waals surface area (Å²) >= 11 is 0. The molecule has 2 heterocycles. The lowest BCUT2D eigenvalue weighted by Crippen LogP contribution is -2.35. The molecule has 0 spiro atoms. The minimum absolute atomic E-state index is 0.655. The molecule has 1 aromatic rings. The van der Waals surface area contributed by atoms with Gasteiger partial charge >= 0.3 is 0 Å². The Labute approximate surface area is 115 Å². The molecule has 4 rings (SSSR count). The van der Waals surface area contributed by atoms with Crippen molar-refractivity contribution in [1.82, 2.24) is 9.97 Å². The zero-order valence-corrected chi connectivity index (χ0v) is 11.8. The standard InChI is InChI=1S/C16H23N3/c1-11-10-19(14-5-3-2-4-13(11)14)15-8-9-17-16(18-15)12-6-7-12/h8-9,11-14H,2-7,10H2,1H3. The quantitative estimate of drug-likeness (QED) is 0.813. The van der Waals surface area contributed by atoms with Crippen molar-refractivity contribution in [2.24, 2.45) is 11.8 Å². The molecule has 19 heavy (non-hydrogen) atoms. The number of aromatic nitrogens is 2. The fourth-order valence-electron chi connectivity index (χ4n) is 4.10. The van der Waals surface area contributed by atoms with Crippen LogP contribution in [0.5, 0.6) is 0 Å². The first-order valence-corrected chi connectivity index (χ1v) is 7.92. The molecular weight excluding hydrogens is 234 g/mol. The number of anilines is 1. The van der Waals surface area contributed by atoms with E-state index in [0.717, 1.165) is 23.7 Å². The van der Waals surface area contributed by atoms with Gasteiger partial charge in [-0.15, -0.1) is 0 Å². The Morgan fingerprint density at radius 2 is 2.00 bits per heavy atom. The minimum atomic E-state index is 0.655. The Morgan fingerprint density at radius 1 is 1.16 bits per heavy atom. The van der Waals surface area contributed by atoms with Gasteiger partial charge in [0.05, 0.1) is 0 Å². The summed E-state index contributed by atoms with van der Waals surface area (Å²) in [5.41, 5.74) is 0. The highest BCUT2D eigenvalue weighted by molar-refractivity contribution is 5.42. The van der Waals surface area contributed by atoms with Gasteiger partial charge in [-0.05, 0) is 43.6 Å². The fourth-order valence-corrected chi connectivity index (χ4v) is 4.10. The molecule has 3 nitrogen and oxygen atoms in total. The molecule has 102 valence electrons. The largest absolute Gasteiger partial charge is 0.353 e. The van der Waals surface area contributed by atoms with Crippen molar-refractivity contribution < 1.29 is 0 Å². The summed E-state index contributed by atoms with van der Waals surface area (Å²) in [4.78, 5) is 11.9. The maximum atomic E-state index is 4.86. The van der Waals surface area contributed by atoms with Crippen LogP contribution < -0.4 is 4.90 Å². The van der Waals surface area contributed by atoms with E-state index in [4.69, 9.17) is 4.98 Å². The molecule has 2 aliphatic carbocycles. The lowest BCUT2D eigenvalue weighted by Gasteiger charge is -2.32. The molecule has 0 N–H and O–H groups in total. The van der Waals surface area contributed by atoms with E-state index in [1.54, 1.807) is 0 Å². The summed E-state index contributed by atoms with van der Waals surface area (Å²) in [5, 5.41) is 0. The highest BCUT2D eigenvalue weighted by Gasteiger charge is 2.41. The van der Waals surface area contributed by atoms with Gasteiger partial charge in [0, 0.05) is 24.7 Å². The molecule has 1 saturated heterocycles. The number of hydrogen-bond donors (Lipinski definition) is 0. The van der Waals surface area contributed by atoms with Crippen molar-refractivity contribution >= 4 is 5.82 Å². The van der Waals surface area contributed by atoms with Gasteiger partial charge < -0.3 is 4.90 Å². The maximum absolute atomic E-state index is 4.86. The van der Waals surface area contributed by atoms with Gasteiger partial charge in [-0.2, -0.15) is 0 Å². The van der Waals surface area contributed by atoms with Crippen molar-refractivity contribution in [3.63, 3.8) is 0 Å². The van der Waals surface area contributed by atoms with Crippen LogP contribution >= 0.6 is 0 Å². The van der Waals surface area contributed by atoms with Gasteiger partial charge in [-0.1, -0.05) is 19.8 Å². The third kappa shape index (κ3) is 2.03. The van der Waals surface area contributed by atoms with Crippen LogP contribution in [0.15, 0.2) is 12.3 Å². The van der Waals surface area contributed by atoms with Gasteiger partial charge in [0.25, 0.3) is 0 Å². The summed E-state index contributed by atoms with van der Waals surface area (Å²) in [6.45, 7) is 3.61. The highest BCUT2D eigenvalue weighted by Crippen LogP contribution is 2.42. The molecule has 0 aromatic carbocycles. The van der Waals surface area contributed by atoms with Crippen molar-refractivity contribution in [1.29, 1.82) is 0 Å². The molecular formula is C16H23N3. The van der Waals surface area contributed by atoms with Crippen LogP contribution in [0.2, 0.25) is 0 Å². The number of fused-ring (bicyclic) bond motifs is 1. The SMILES string of the molecule is CC1CN(c2ccnc(C3CC3)n2)C2CCCCC12. The van der Waals surface area contributed by atoms with Crippen molar-refractivity contribution in [3.05, 3.63) is 18.1 Å². The number of hydrogen-bond acceptors (Lipinski definition) is 3. The van der Waals surface area contributed by atoms with Crippen LogP contribution in [0.3, 0.4) is 0 Å². The van der Waals surface area contributed by atoms with E-state index in [9.17, 15) is 0 Å². The third-order valence-electron chi connectivity index (χ3n) is 5.29. The summed E-state index contributed by atoms with van der Waals surface area (Å²) in [7, 11) is 0. The van der Waals surface area contributed by atoms with E-state index in [0.29, 0.717) is 5.92 Å². The Balaban J connectivity index is 1.62. The van der Waals surface area contributed by atoms with Gasteiger partial charge in [-0.3, -0.25) is 0 Å². The summed E-state index contributed by atoms with van der Waals surface area (Å²) in [6, 6.07) is 2.86. The van der Waals surface area contributed by atoms with Gasteiger partial charge in [0.15, 0.2) is 0 Å². The summed E-state index contributed by atoms with van der Waals surface area (Å²) in [5.74, 6) is 4.66. The average molecular weight is 257 g/mol. The number of nitrogens with zero attached hydrogens (tertiary/aromatic N) is 3. The Morgan fingerprint density at radius 3 is 2.84 bits per heavy atom. The highest BCUT2D eigenvalue weighted by atomic mass is 15.3. The molecule has 3 fully saturated rings. The predicted molar refractivity (Wildman–Crippen MR) is 76.3 cm³/mol. The topological polar surface area (TPSA) is 29.0 Å². The smallest absolute Gasteiger partial charge is 0.133 e. The Bertz CT molecular complexity index is 469. The maximum Gasteiger partial charge on any atom is 0.133 e. The first-order chi connectivity index (χ1) is 9.33. The molecule has 3 unspecified atom stereocenters. The van der Waals surface area contributed by atoms with E-state index in [2.05, 4.69) is 22.9 Å². The molecule has 0 bridgehead atoms. The molecule has 3 aliphatic rings. The lowest BCUT2D eigenvalue weighted by atomic mass is 9.80. The zero-order chi connectivity index (χ0) is 12.8. The second-order valence-electron chi connectivity index (χ2n) is 6.69. The predicted octanol–water partition coefficient (Wildman–Crippen LogP) is 3.37. The second-order valence-corrected chi connectivity index (χ2v) is 6.69. The molecule has 1 aromatic heterocycles. The van der Waals surface area contributed by atoms with Crippen LogP contribution in [0.1, 0.15) is 57.2 Å². The van der Waals surface area contributed by atoms with E-state index >= 15 is 0 Å². The molecule has 3 heteroatoms. The first kappa shape index (κ1) is 11.7. The minimum Gasteiger partial charge on any atom is -0.353 e. The molecule has 0 amide bonds. The fraction of sp³-hybridized carbons (Fsp3) is 0.750. The summed E-state index contributed by atoms with van der Waals surface area (Å²) < 4.78 is 0. The van der Waals surface area contributed by atoms with Gasteiger partial charge in [0.1, 0.15) is 11.6 Å². The third-order valence-corrected chi connectivity index (χ3v) is 5.29. The van der Waals surface area contributed by atoms with E-state index < -0.39 is 0 Å². The normalized spacial score (nSPS) is 34.4. The van der Waals surface area contributed by atoms with Gasteiger partial charge in [-0.25, -0.2) is 9.97 Å². The van der Waals surface area contributed by atoms with Gasteiger partial charge in [0.2, 0.25) is 0 Å². The lowest BCUT2D eigenvalue weighted by molar-refractivity contribution is 0.293.